The lowest BCUT2D eigenvalue weighted by molar-refractivity contribution is 0.541. The van der Waals surface area contributed by atoms with Crippen LogP contribution in [0.15, 0.2) is 22.7 Å². The highest BCUT2D eigenvalue weighted by atomic mass is 79.9. The first-order valence-corrected chi connectivity index (χ1v) is 5.08. The summed E-state index contributed by atoms with van der Waals surface area (Å²) in [6, 6.07) is 7.06. The van der Waals surface area contributed by atoms with Gasteiger partial charge in [-0.15, -0.1) is 0 Å². The van der Waals surface area contributed by atoms with Gasteiger partial charge in [0.05, 0.1) is 0 Å². The molecule has 1 N–H and O–H groups in total. The predicted octanol–water partition coefficient (Wildman–Crippen LogP) is 2.66. The lowest BCUT2D eigenvalue weighted by atomic mass is 9.96. The molecular formula is C10H12BrN. The molecule has 1 heterocycles. The third-order valence-corrected chi connectivity index (χ3v) is 2.91. The summed E-state index contributed by atoms with van der Waals surface area (Å²) >= 11 is 3.49. The van der Waals surface area contributed by atoms with E-state index in [2.05, 4.69) is 46.4 Å². The molecule has 12 heavy (non-hydrogen) atoms. The Hall–Kier alpha value is -0.340. The summed E-state index contributed by atoms with van der Waals surface area (Å²) in [4.78, 5) is 0. The Bertz CT molecular complexity index is 296. The van der Waals surface area contributed by atoms with Crippen molar-refractivity contribution in [1.29, 1.82) is 0 Å². The quantitative estimate of drug-likeness (QED) is 0.717. The third-order valence-electron chi connectivity index (χ3n) is 2.42. The van der Waals surface area contributed by atoms with Gasteiger partial charge in [-0.1, -0.05) is 22.0 Å². The van der Waals surface area contributed by atoms with E-state index in [4.69, 9.17) is 0 Å². The summed E-state index contributed by atoms with van der Waals surface area (Å²) < 4.78 is 1.19. The maximum absolute atomic E-state index is 3.49. The zero-order valence-corrected chi connectivity index (χ0v) is 8.69. The first kappa shape index (κ1) is 8.27. The van der Waals surface area contributed by atoms with Crippen molar-refractivity contribution in [2.24, 2.45) is 0 Å². The molecule has 0 amide bonds. The van der Waals surface area contributed by atoms with Crippen LogP contribution in [0.3, 0.4) is 0 Å². The van der Waals surface area contributed by atoms with Gasteiger partial charge in [-0.3, -0.25) is 0 Å². The Morgan fingerprint density at radius 2 is 2.33 bits per heavy atom. The molecule has 0 saturated heterocycles. The third kappa shape index (κ3) is 1.41. The molecule has 1 atom stereocenters. The largest absolute Gasteiger partial charge is 0.310 e. The van der Waals surface area contributed by atoms with Crippen LogP contribution in [0.4, 0.5) is 0 Å². The summed E-state index contributed by atoms with van der Waals surface area (Å²) in [6.07, 6.45) is 1.15. The molecule has 0 saturated carbocycles. The molecule has 1 aromatic carbocycles. The average molecular weight is 226 g/mol. The highest BCUT2D eigenvalue weighted by Crippen LogP contribution is 2.25. The lowest BCUT2D eigenvalue weighted by Gasteiger charge is -2.23. The van der Waals surface area contributed by atoms with Crippen molar-refractivity contribution in [3.8, 4) is 0 Å². The van der Waals surface area contributed by atoms with E-state index in [1.165, 1.54) is 15.6 Å². The molecule has 0 aromatic heterocycles. The van der Waals surface area contributed by atoms with Crippen LogP contribution in [-0.4, -0.2) is 6.54 Å². The van der Waals surface area contributed by atoms with Gasteiger partial charge in [-0.25, -0.2) is 0 Å². The van der Waals surface area contributed by atoms with Gasteiger partial charge in [0.1, 0.15) is 0 Å². The van der Waals surface area contributed by atoms with E-state index in [0.717, 1.165) is 13.0 Å². The molecule has 1 aromatic rings. The smallest absolute Gasteiger partial charge is 0.0294 e. The normalized spacial score (nSPS) is 22.0. The van der Waals surface area contributed by atoms with Crippen molar-refractivity contribution in [3.63, 3.8) is 0 Å². The van der Waals surface area contributed by atoms with Crippen molar-refractivity contribution < 1.29 is 0 Å². The second kappa shape index (κ2) is 3.19. The number of halogens is 1. The minimum absolute atomic E-state index is 0.516. The van der Waals surface area contributed by atoms with E-state index in [1.807, 2.05) is 0 Å². The molecule has 0 radical (unpaired) electrons. The van der Waals surface area contributed by atoms with Crippen LogP contribution in [0.2, 0.25) is 0 Å². The van der Waals surface area contributed by atoms with Crippen molar-refractivity contribution in [3.05, 3.63) is 33.8 Å². The average Bonchev–Trinajstić information content (AvgIpc) is 2.04. The molecule has 1 aliphatic heterocycles. The second-order valence-electron chi connectivity index (χ2n) is 3.27. The first-order chi connectivity index (χ1) is 5.77. The highest BCUT2D eigenvalue weighted by Gasteiger charge is 2.14. The van der Waals surface area contributed by atoms with Crippen molar-refractivity contribution in [1.82, 2.24) is 5.32 Å². The number of hydrogen-bond donors (Lipinski definition) is 1. The first-order valence-electron chi connectivity index (χ1n) is 4.29. The molecule has 1 nitrogen and oxygen atoms in total. The SMILES string of the molecule is C[C@@H]1NCCc2cc(Br)ccc21. The van der Waals surface area contributed by atoms with Crippen LogP contribution < -0.4 is 5.32 Å². The van der Waals surface area contributed by atoms with Gasteiger partial charge in [0.2, 0.25) is 0 Å². The number of hydrogen-bond acceptors (Lipinski definition) is 1. The van der Waals surface area contributed by atoms with Gasteiger partial charge in [-0.2, -0.15) is 0 Å². The highest BCUT2D eigenvalue weighted by molar-refractivity contribution is 9.10. The maximum atomic E-state index is 3.49. The summed E-state index contributed by atoms with van der Waals surface area (Å²) in [5.74, 6) is 0. The number of rotatable bonds is 0. The number of benzene rings is 1. The number of nitrogens with one attached hydrogen (secondary N) is 1. The van der Waals surface area contributed by atoms with Gasteiger partial charge < -0.3 is 5.32 Å². The van der Waals surface area contributed by atoms with Gasteiger partial charge in [0.25, 0.3) is 0 Å². The van der Waals surface area contributed by atoms with Crippen LogP contribution in [0.5, 0.6) is 0 Å². The molecular weight excluding hydrogens is 214 g/mol. The molecule has 2 rings (SSSR count). The van der Waals surface area contributed by atoms with Crippen molar-refractivity contribution in [2.75, 3.05) is 6.54 Å². The van der Waals surface area contributed by atoms with E-state index < -0.39 is 0 Å². The van der Waals surface area contributed by atoms with Crippen LogP contribution in [0.25, 0.3) is 0 Å². The van der Waals surface area contributed by atoms with E-state index in [-0.39, 0.29) is 0 Å². The fraction of sp³-hybridized carbons (Fsp3) is 0.400. The van der Waals surface area contributed by atoms with E-state index in [9.17, 15) is 0 Å². The summed E-state index contributed by atoms with van der Waals surface area (Å²) in [6.45, 7) is 3.32. The molecule has 0 aliphatic carbocycles. The van der Waals surface area contributed by atoms with Crippen LogP contribution in [0.1, 0.15) is 24.1 Å². The molecule has 0 spiro atoms. The second-order valence-corrected chi connectivity index (χ2v) is 4.18. The molecule has 2 heteroatoms. The lowest BCUT2D eigenvalue weighted by Crippen LogP contribution is -2.27. The monoisotopic (exact) mass is 225 g/mol. The summed E-state index contributed by atoms with van der Waals surface area (Å²) in [5.41, 5.74) is 2.93. The zero-order chi connectivity index (χ0) is 8.55. The van der Waals surface area contributed by atoms with Gasteiger partial charge >= 0.3 is 0 Å². The van der Waals surface area contributed by atoms with Crippen LogP contribution in [-0.2, 0) is 6.42 Å². The summed E-state index contributed by atoms with van der Waals surface area (Å²) in [7, 11) is 0. The molecule has 0 fully saturated rings. The Morgan fingerprint density at radius 1 is 1.50 bits per heavy atom. The maximum Gasteiger partial charge on any atom is 0.0294 e. The van der Waals surface area contributed by atoms with Crippen molar-refractivity contribution >= 4 is 15.9 Å². The van der Waals surface area contributed by atoms with Crippen molar-refractivity contribution in [2.45, 2.75) is 19.4 Å². The molecule has 64 valence electrons. The van der Waals surface area contributed by atoms with Gasteiger partial charge in [0, 0.05) is 10.5 Å². The predicted molar refractivity (Wildman–Crippen MR) is 54.3 cm³/mol. The van der Waals surface area contributed by atoms with E-state index in [0.29, 0.717) is 6.04 Å². The van der Waals surface area contributed by atoms with E-state index >= 15 is 0 Å². The number of fused-ring (bicyclic) bond motifs is 1. The minimum Gasteiger partial charge on any atom is -0.310 e. The topological polar surface area (TPSA) is 12.0 Å². The van der Waals surface area contributed by atoms with Gasteiger partial charge in [0.15, 0.2) is 0 Å². The Labute approximate surface area is 81.3 Å². The Balaban J connectivity index is 2.46. The molecule has 0 unspecified atom stereocenters. The molecule has 0 bridgehead atoms. The Morgan fingerprint density at radius 3 is 3.17 bits per heavy atom. The molecule has 1 aliphatic rings. The van der Waals surface area contributed by atoms with E-state index in [1.54, 1.807) is 0 Å². The fourth-order valence-electron chi connectivity index (χ4n) is 1.75. The zero-order valence-electron chi connectivity index (χ0n) is 7.10. The standard InChI is InChI=1S/C10H12BrN/c1-7-10-3-2-9(11)6-8(10)4-5-12-7/h2-3,6-7,12H,4-5H2,1H3/t7-/m0/s1. The minimum atomic E-state index is 0.516. The fourth-order valence-corrected chi connectivity index (χ4v) is 2.16. The van der Waals surface area contributed by atoms with Crippen LogP contribution in [0, 0.1) is 0 Å². The van der Waals surface area contributed by atoms with Crippen LogP contribution >= 0.6 is 15.9 Å². The summed E-state index contributed by atoms with van der Waals surface area (Å²) in [5, 5.41) is 3.44. The van der Waals surface area contributed by atoms with Gasteiger partial charge in [-0.05, 0) is 43.1 Å². The Kier molecular flexibility index (Phi) is 2.20.